The predicted octanol–water partition coefficient (Wildman–Crippen LogP) is 6.07. The van der Waals surface area contributed by atoms with Crippen molar-refractivity contribution in [2.75, 3.05) is 0 Å². The molecule has 5 nitrogen and oxygen atoms in total. The molecule has 4 rings (SSSR count). The van der Waals surface area contributed by atoms with Crippen molar-refractivity contribution in [1.82, 2.24) is 19.7 Å². The molecule has 0 aliphatic rings. The Labute approximate surface area is 190 Å². The zero-order chi connectivity index (χ0) is 20.5. The quantitative estimate of drug-likeness (QED) is 0.348. The van der Waals surface area contributed by atoms with Gasteiger partial charge in [-0.2, -0.15) is 5.10 Å². The minimum Gasteiger partial charge on any atom is -0.321 e. The summed E-state index contributed by atoms with van der Waals surface area (Å²) in [6.07, 6.45) is 1.60. The van der Waals surface area contributed by atoms with Gasteiger partial charge in [0.25, 0.3) is 5.56 Å². The van der Waals surface area contributed by atoms with Crippen molar-refractivity contribution in [3.05, 3.63) is 84.3 Å². The highest BCUT2D eigenvalue weighted by atomic mass is 35.5. The Morgan fingerprint density at radius 1 is 0.966 bits per heavy atom. The van der Waals surface area contributed by atoms with Crippen molar-refractivity contribution in [3.8, 4) is 0 Å². The van der Waals surface area contributed by atoms with Crippen LogP contribution >= 0.6 is 58.2 Å². The lowest BCUT2D eigenvalue weighted by molar-refractivity contribution is 0.813. The first-order valence-corrected chi connectivity index (χ1v) is 10.9. The Kier molecular flexibility index (Phi) is 6.08. The van der Waals surface area contributed by atoms with Gasteiger partial charge < -0.3 is 4.57 Å². The number of thioether (sulfide) groups is 1. The van der Waals surface area contributed by atoms with Crippen LogP contribution in [0.1, 0.15) is 11.1 Å². The molecule has 1 N–H and O–H groups in total. The summed E-state index contributed by atoms with van der Waals surface area (Å²) in [5.41, 5.74) is 2.37. The number of benzene rings is 2. The summed E-state index contributed by atoms with van der Waals surface area (Å²) in [6.45, 7) is 0.382. The average Bonchev–Trinajstić information content (AvgIpc) is 3.09. The number of aromatic amines is 1. The molecule has 0 atom stereocenters. The van der Waals surface area contributed by atoms with Crippen molar-refractivity contribution < 1.29 is 0 Å². The molecule has 0 bridgehead atoms. The first-order valence-electron chi connectivity index (χ1n) is 8.36. The van der Waals surface area contributed by atoms with E-state index < -0.39 is 0 Å². The summed E-state index contributed by atoms with van der Waals surface area (Å²) in [5.74, 6) is 0.556. The van der Waals surface area contributed by atoms with E-state index in [0.717, 1.165) is 11.1 Å². The Morgan fingerprint density at radius 2 is 1.62 bits per heavy atom. The van der Waals surface area contributed by atoms with Gasteiger partial charge in [-0.05, 0) is 35.4 Å². The van der Waals surface area contributed by atoms with Crippen LogP contribution in [-0.4, -0.2) is 19.7 Å². The largest absolute Gasteiger partial charge is 0.321 e. The molecule has 2 aromatic heterocycles. The third-order valence-electron chi connectivity index (χ3n) is 4.25. The lowest BCUT2D eigenvalue weighted by Gasteiger charge is -2.07. The second kappa shape index (κ2) is 8.58. The topological polar surface area (TPSA) is 63.6 Å². The molecule has 0 radical (unpaired) electrons. The molecule has 148 valence electrons. The number of rotatable bonds is 5. The summed E-state index contributed by atoms with van der Waals surface area (Å²) in [7, 11) is 0. The van der Waals surface area contributed by atoms with E-state index in [1.165, 1.54) is 11.8 Å². The van der Waals surface area contributed by atoms with Crippen molar-refractivity contribution in [2.24, 2.45) is 0 Å². The highest BCUT2D eigenvalue weighted by Crippen LogP contribution is 2.30. The maximum absolute atomic E-state index is 12.4. The molecule has 0 aliphatic carbocycles. The van der Waals surface area contributed by atoms with Crippen LogP contribution in [0.25, 0.3) is 11.0 Å². The van der Waals surface area contributed by atoms with Gasteiger partial charge in [0, 0.05) is 25.8 Å². The number of imidazole rings is 1. The summed E-state index contributed by atoms with van der Waals surface area (Å²) in [5, 5.41) is 9.53. The van der Waals surface area contributed by atoms with Gasteiger partial charge in [-0.1, -0.05) is 70.3 Å². The molecular formula is C19H12Cl4N4OS. The minimum absolute atomic E-state index is 0.323. The Hall–Kier alpha value is -1.70. The molecular weight excluding hydrogens is 474 g/mol. The fourth-order valence-corrected chi connectivity index (χ4v) is 4.79. The monoisotopic (exact) mass is 484 g/mol. The van der Waals surface area contributed by atoms with Crippen LogP contribution in [-0.2, 0) is 12.3 Å². The Balaban J connectivity index is 1.65. The molecule has 0 amide bonds. The average molecular weight is 486 g/mol. The lowest BCUT2D eigenvalue weighted by atomic mass is 10.2. The highest BCUT2D eigenvalue weighted by molar-refractivity contribution is 7.98. The van der Waals surface area contributed by atoms with Crippen LogP contribution in [0.5, 0.6) is 0 Å². The van der Waals surface area contributed by atoms with Gasteiger partial charge in [-0.3, -0.25) is 4.79 Å². The van der Waals surface area contributed by atoms with Crippen LogP contribution in [0.4, 0.5) is 0 Å². The molecule has 0 unspecified atom stereocenters. The summed E-state index contributed by atoms with van der Waals surface area (Å²) >= 11 is 25.8. The number of nitrogens with one attached hydrogen (secondary N) is 1. The van der Waals surface area contributed by atoms with Gasteiger partial charge in [0.05, 0.1) is 12.9 Å². The normalized spacial score (nSPS) is 11.3. The van der Waals surface area contributed by atoms with Gasteiger partial charge in [0.1, 0.15) is 16.1 Å². The predicted molar refractivity (Wildman–Crippen MR) is 120 cm³/mol. The first-order chi connectivity index (χ1) is 13.9. The SMILES string of the molecule is O=c1[nH]nc(SCc2ccc(Cl)cc2Cl)c2ncn(Cc3ccc(Cl)cc3Cl)c12. The number of aromatic nitrogens is 4. The van der Waals surface area contributed by atoms with Gasteiger partial charge in [-0.25, -0.2) is 10.1 Å². The van der Waals surface area contributed by atoms with Crippen LogP contribution < -0.4 is 5.56 Å². The molecule has 0 fully saturated rings. The molecule has 0 saturated carbocycles. The van der Waals surface area contributed by atoms with Crippen molar-refractivity contribution in [2.45, 2.75) is 17.3 Å². The third-order valence-corrected chi connectivity index (χ3v) is 6.44. The van der Waals surface area contributed by atoms with E-state index >= 15 is 0 Å². The number of fused-ring (bicyclic) bond motifs is 1. The zero-order valence-electron chi connectivity index (χ0n) is 14.6. The van der Waals surface area contributed by atoms with Gasteiger partial charge >= 0.3 is 0 Å². The van der Waals surface area contributed by atoms with E-state index in [9.17, 15) is 4.79 Å². The van der Waals surface area contributed by atoms with Crippen molar-refractivity contribution in [1.29, 1.82) is 0 Å². The fourth-order valence-electron chi connectivity index (χ4n) is 2.82. The van der Waals surface area contributed by atoms with Crippen LogP contribution in [0, 0.1) is 0 Å². The van der Waals surface area contributed by atoms with Crippen molar-refractivity contribution >= 4 is 69.2 Å². The summed E-state index contributed by atoms with van der Waals surface area (Å²) in [6, 6.07) is 10.6. The molecule has 29 heavy (non-hydrogen) atoms. The van der Waals surface area contributed by atoms with Gasteiger partial charge in [0.2, 0.25) is 0 Å². The minimum atomic E-state index is -0.323. The number of hydrogen-bond donors (Lipinski definition) is 1. The molecule has 0 aliphatic heterocycles. The number of hydrogen-bond acceptors (Lipinski definition) is 4. The van der Waals surface area contributed by atoms with Crippen LogP contribution in [0.2, 0.25) is 20.1 Å². The lowest BCUT2D eigenvalue weighted by Crippen LogP contribution is -2.13. The zero-order valence-corrected chi connectivity index (χ0v) is 18.5. The van der Waals surface area contributed by atoms with Gasteiger partial charge in [-0.15, -0.1) is 0 Å². The molecule has 10 heteroatoms. The third kappa shape index (κ3) is 4.42. The Bertz CT molecular complexity index is 1270. The second-order valence-electron chi connectivity index (χ2n) is 6.19. The van der Waals surface area contributed by atoms with E-state index in [1.807, 2.05) is 12.1 Å². The van der Waals surface area contributed by atoms with Crippen molar-refractivity contribution in [3.63, 3.8) is 0 Å². The molecule has 0 spiro atoms. The maximum Gasteiger partial charge on any atom is 0.290 e. The molecule has 2 aromatic carbocycles. The molecule has 2 heterocycles. The molecule has 0 saturated heterocycles. The second-order valence-corrected chi connectivity index (χ2v) is 8.84. The number of nitrogens with zero attached hydrogens (tertiary/aromatic N) is 3. The fraction of sp³-hybridized carbons (Fsp3) is 0.105. The van der Waals surface area contributed by atoms with Gasteiger partial charge in [0.15, 0.2) is 0 Å². The van der Waals surface area contributed by atoms with E-state index in [4.69, 9.17) is 46.4 Å². The smallest absolute Gasteiger partial charge is 0.290 e. The maximum atomic E-state index is 12.4. The highest BCUT2D eigenvalue weighted by Gasteiger charge is 2.15. The standard InChI is InChI=1S/C19H12Cl4N4OS/c20-12-3-1-10(14(22)5-12)7-27-9-24-16-17(27)18(28)25-26-19(16)29-8-11-2-4-13(21)6-15(11)23/h1-6,9H,7-8H2,(H,25,28). The van der Waals surface area contributed by atoms with Crippen LogP contribution in [0.15, 0.2) is 52.5 Å². The van der Waals surface area contributed by atoms with Crippen LogP contribution in [0.3, 0.4) is 0 Å². The Morgan fingerprint density at radius 3 is 2.28 bits per heavy atom. The van der Waals surface area contributed by atoms with E-state index in [0.29, 0.717) is 48.4 Å². The van der Waals surface area contributed by atoms with E-state index in [2.05, 4.69) is 15.2 Å². The van der Waals surface area contributed by atoms with E-state index in [1.54, 1.807) is 35.2 Å². The summed E-state index contributed by atoms with van der Waals surface area (Å²) < 4.78 is 1.74. The number of halogens is 4. The van der Waals surface area contributed by atoms with E-state index in [-0.39, 0.29) is 5.56 Å². The molecule has 4 aromatic rings. The number of H-pyrrole nitrogens is 1. The summed E-state index contributed by atoms with van der Waals surface area (Å²) in [4.78, 5) is 16.8. The first kappa shape index (κ1) is 20.6.